The second-order valence-electron chi connectivity index (χ2n) is 0.289. The van der Waals surface area contributed by atoms with Crippen LogP contribution in [0.4, 0.5) is 0 Å². The zero-order valence-corrected chi connectivity index (χ0v) is 3.05. The van der Waals surface area contributed by atoms with Crippen molar-refractivity contribution in [2.24, 2.45) is 0 Å². The largest absolute Gasteiger partial charge is 0.0922 e. The van der Waals surface area contributed by atoms with Crippen LogP contribution in [0.5, 0.6) is 0 Å². The minimum Gasteiger partial charge on any atom is -0.0922 e. The van der Waals surface area contributed by atoms with Gasteiger partial charge in [0.15, 0.2) is 0 Å². The maximum atomic E-state index is 3.50. The third kappa shape index (κ3) is 1.91. The molecule has 0 aliphatic carbocycles. The van der Waals surface area contributed by atoms with Crippen molar-refractivity contribution in [3.05, 3.63) is 6.92 Å². The van der Waals surface area contributed by atoms with Gasteiger partial charge in [-0.3, -0.25) is 0 Å². The molecule has 0 amide bonds. The summed E-state index contributed by atoms with van der Waals surface area (Å²) in [5.41, 5.74) is 0. The monoisotopic (exact) mass is 71.0 g/mol. The van der Waals surface area contributed by atoms with Gasteiger partial charge in [-0.25, -0.2) is 0 Å². The van der Waals surface area contributed by atoms with Crippen molar-refractivity contribution in [2.45, 2.75) is 0 Å². The lowest BCUT2D eigenvalue weighted by molar-refractivity contribution is 2.42. The van der Waals surface area contributed by atoms with Crippen LogP contribution in [-0.2, 0) is 0 Å². The van der Waals surface area contributed by atoms with Gasteiger partial charge in [-0.2, -0.15) is 0 Å². The third-order valence-electron chi connectivity index (χ3n) is 0.0791. The summed E-state index contributed by atoms with van der Waals surface area (Å²) in [6, 6.07) is 0. The summed E-state index contributed by atoms with van der Waals surface area (Å²) in [5, 5.41) is 2.26. The van der Waals surface area contributed by atoms with E-state index >= 15 is 0 Å². The molecule has 0 spiro atoms. The van der Waals surface area contributed by atoms with Crippen molar-refractivity contribution < 1.29 is 0 Å². The van der Waals surface area contributed by atoms with Gasteiger partial charge in [0.25, 0.3) is 0 Å². The van der Waals surface area contributed by atoms with E-state index in [2.05, 4.69) is 30.7 Å². The first-order chi connectivity index (χ1) is 1.91. The van der Waals surface area contributed by atoms with Crippen molar-refractivity contribution in [3.8, 4) is 11.2 Å². The number of thiol groups is 1. The van der Waals surface area contributed by atoms with E-state index in [9.17, 15) is 0 Å². The molecule has 0 bridgehead atoms. The highest BCUT2D eigenvalue weighted by molar-refractivity contribution is 7.85. The van der Waals surface area contributed by atoms with E-state index in [1.165, 1.54) is 0 Å². The van der Waals surface area contributed by atoms with E-state index < -0.39 is 0 Å². The first-order valence-corrected chi connectivity index (χ1v) is 1.27. The molecule has 0 aliphatic heterocycles. The summed E-state index contributed by atoms with van der Waals surface area (Å²) in [6.45, 7) is 3.17. The van der Waals surface area contributed by atoms with Gasteiger partial charge in [0.2, 0.25) is 0 Å². The van der Waals surface area contributed by atoms with Crippen LogP contribution in [0.25, 0.3) is 0 Å². The van der Waals surface area contributed by atoms with Crippen LogP contribution in [-0.4, -0.2) is 0 Å². The van der Waals surface area contributed by atoms with E-state index in [1.807, 2.05) is 0 Å². The fourth-order valence-corrected chi connectivity index (χ4v) is 0. The molecule has 0 atom stereocenters. The number of hydrogen-bond acceptors (Lipinski definition) is 1. The maximum absolute atomic E-state index is 3.50. The molecule has 0 rings (SSSR count). The topological polar surface area (TPSA) is 0 Å². The smallest absolute Gasteiger partial charge is 0.0208 e. The summed E-state index contributed by atoms with van der Waals surface area (Å²) in [4.78, 5) is 0. The van der Waals surface area contributed by atoms with E-state index in [1.54, 1.807) is 0 Å². The van der Waals surface area contributed by atoms with Gasteiger partial charge in [0.05, 0.1) is 0 Å². The summed E-state index contributed by atoms with van der Waals surface area (Å²) < 4.78 is 0. The van der Waals surface area contributed by atoms with Gasteiger partial charge in [-0.1, -0.05) is 18.5 Å². The average molecular weight is 71.1 g/mol. The molecule has 0 fully saturated rings. The maximum Gasteiger partial charge on any atom is 0.0208 e. The van der Waals surface area contributed by atoms with Crippen molar-refractivity contribution in [2.75, 3.05) is 0 Å². The first kappa shape index (κ1) is 3.91. The minimum absolute atomic E-state index is 2.26. The van der Waals surface area contributed by atoms with Crippen LogP contribution >= 0.6 is 12.6 Å². The molecule has 0 unspecified atom stereocenters. The molecule has 0 aromatic heterocycles. The molecular formula is C3H3S. The standard InChI is InChI=1S/C3H3S/c1-2-3-4/h4H,1H2. The quantitative estimate of drug-likeness (QED) is 0.315. The predicted molar refractivity (Wildman–Crippen MR) is 22.1 cm³/mol. The highest BCUT2D eigenvalue weighted by atomic mass is 32.1. The Morgan fingerprint density at radius 3 is 2.00 bits per heavy atom. The Morgan fingerprint density at radius 2 is 2.00 bits per heavy atom. The molecule has 0 aliphatic rings. The fourth-order valence-electron chi connectivity index (χ4n) is 0. The number of hydrogen-bond donors (Lipinski definition) is 1. The molecule has 1 heteroatoms. The van der Waals surface area contributed by atoms with Crippen LogP contribution in [0.15, 0.2) is 0 Å². The van der Waals surface area contributed by atoms with Gasteiger partial charge < -0.3 is 0 Å². The fraction of sp³-hybridized carbons (Fsp3) is 0. The molecule has 0 nitrogen and oxygen atoms in total. The second-order valence-corrected chi connectivity index (χ2v) is 0.512. The summed E-state index contributed by atoms with van der Waals surface area (Å²) in [7, 11) is 0. The average Bonchev–Trinajstić information content (AvgIpc) is 1.37. The van der Waals surface area contributed by atoms with Crippen LogP contribution in [0, 0.1) is 18.1 Å². The Kier molecular flexibility index (Phi) is 2.84. The molecular weight excluding hydrogens is 68.1 g/mol. The number of rotatable bonds is 0. The van der Waals surface area contributed by atoms with Gasteiger partial charge in [-0.05, 0) is 5.25 Å². The van der Waals surface area contributed by atoms with Crippen LogP contribution < -0.4 is 0 Å². The van der Waals surface area contributed by atoms with E-state index in [0.717, 1.165) is 0 Å². The molecule has 21 valence electrons. The lowest BCUT2D eigenvalue weighted by Crippen LogP contribution is -1.23. The molecule has 0 aromatic rings. The van der Waals surface area contributed by atoms with Crippen molar-refractivity contribution in [3.63, 3.8) is 0 Å². The van der Waals surface area contributed by atoms with Gasteiger partial charge in [0, 0.05) is 6.92 Å². The van der Waals surface area contributed by atoms with Crippen LogP contribution in [0.2, 0.25) is 0 Å². The lowest BCUT2D eigenvalue weighted by Gasteiger charge is -1.38. The Balaban J connectivity index is 2.83. The summed E-state index contributed by atoms with van der Waals surface area (Å²) in [6.07, 6.45) is 0. The summed E-state index contributed by atoms with van der Waals surface area (Å²) >= 11 is 3.50. The minimum atomic E-state index is 2.26. The van der Waals surface area contributed by atoms with Crippen molar-refractivity contribution in [1.29, 1.82) is 0 Å². The molecule has 0 saturated heterocycles. The lowest BCUT2D eigenvalue weighted by atomic mass is 10.9. The van der Waals surface area contributed by atoms with Crippen molar-refractivity contribution in [1.82, 2.24) is 0 Å². The van der Waals surface area contributed by atoms with E-state index in [4.69, 9.17) is 0 Å². The normalized spacial score (nSPS) is 3.50. The van der Waals surface area contributed by atoms with E-state index in [-0.39, 0.29) is 0 Å². The second kappa shape index (κ2) is 2.91. The third-order valence-corrected chi connectivity index (χ3v) is 0.237. The highest BCUT2D eigenvalue weighted by Gasteiger charge is 1.28. The Hall–Kier alpha value is -0.0900. The molecule has 0 heterocycles. The Bertz CT molecular complexity index is 40.0. The Morgan fingerprint density at radius 1 is 1.75 bits per heavy atom. The van der Waals surface area contributed by atoms with Crippen LogP contribution in [0.1, 0.15) is 0 Å². The molecule has 0 N–H and O–H groups in total. The van der Waals surface area contributed by atoms with Gasteiger partial charge in [-0.15, -0.1) is 0 Å². The molecule has 0 aromatic carbocycles. The Labute approximate surface area is 31.6 Å². The molecule has 0 saturated carbocycles. The van der Waals surface area contributed by atoms with Gasteiger partial charge in [0.1, 0.15) is 0 Å². The van der Waals surface area contributed by atoms with E-state index in [0.29, 0.717) is 0 Å². The SMILES string of the molecule is [CH2]C#CS. The van der Waals surface area contributed by atoms with Crippen molar-refractivity contribution >= 4 is 12.6 Å². The predicted octanol–water partition coefficient (Wildman–Crippen LogP) is 0.711. The molecule has 4 heavy (non-hydrogen) atoms. The van der Waals surface area contributed by atoms with Crippen LogP contribution in [0.3, 0.4) is 0 Å². The molecule has 1 radical (unpaired) electrons. The summed E-state index contributed by atoms with van der Waals surface area (Å²) in [5.74, 6) is 2.29. The first-order valence-electron chi connectivity index (χ1n) is 0.827. The zero-order valence-electron chi connectivity index (χ0n) is 2.15. The zero-order chi connectivity index (χ0) is 3.41. The highest BCUT2D eigenvalue weighted by Crippen LogP contribution is 1.53. The van der Waals surface area contributed by atoms with Gasteiger partial charge >= 0.3 is 0 Å².